The Morgan fingerprint density at radius 3 is 2.95 bits per heavy atom. The molecule has 0 saturated heterocycles. The fourth-order valence-corrected chi connectivity index (χ4v) is 2.21. The van der Waals surface area contributed by atoms with Gasteiger partial charge in [-0.25, -0.2) is 9.37 Å². The van der Waals surface area contributed by atoms with Gasteiger partial charge >= 0.3 is 0 Å². The van der Waals surface area contributed by atoms with Crippen LogP contribution in [0.2, 0.25) is 0 Å². The van der Waals surface area contributed by atoms with E-state index in [4.69, 9.17) is 0 Å². The highest BCUT2D eigenvalue weighted by Crippen LogP contribution is 2.22. The molecule has 0 spiro atoms. The first-order valence-electron chi connectivity index (χ1n) is 6.37. The van der Waals surface area contributed by atoms with Crippen LogP contribution in [0, 0.1) is 5.82 Å². The lowest BCUT2D eigenvalue weighted by Crippen LogP contribution is -2.24. The number of hydrogen-bond donors (Lipinski definition) is 2. The van der Waals surface area contributed by atoms with Crippen molar-refractivity contribution >= 4 is 15.9 Å². The first-order chi connectivity index (χ1) is 9.20. The molecule has 0 aliphatic heterocycles. The molecule has 0 aliphatic carbocycles. The van der Waals surface area contributed by atoms with Crippen molar-refractivity contribution in [2.45, 2.75) is 25.8 Å². The number of halogens is 2. The number of H-pyrrole nitrogens is 1. The van der Waals surface area contributed by atoms with Gasteiger partial charge in [0.15, 0.2) is 0 Å². The molecular weight excluding hydrogens is 309 g/mol. The maximum absolute atomic E-state index is 13.6. The summed E-state index contributed by atoms with van der Waals surface area (Å²) >= 11 is 3.18. The van der Waals surface area contributed by atoms with Crippen molar-refractivity contribution in [2.24, 2.45) is 0 Å². The van der Waals surface area contributed by atoms with Gasteiger partial charge in [0.05, 0.1) is 4.47 Å². The number of rotatable bonds is 6. The molecule has 3 nitrogen and oxygen atoms in total. The van der Waals surface area contributed by atoms with Crippen molar-refractivity contribution in [2.75, 3.05) is 6.54 Å². The Bertz CT molecular complexity index is 513. The van der Waals surface area contributed by atoms with E-state index in [1.165, 1.54) is 0 Å². The molecule has 102 valence electrons. The minimum absolute atomic E-state index is 0.0636. The van der Waals surface area contributed by atoms with E-state index in [0.717, 1.165) is 24.4 Å². The first-order valence-corrected chi connectivity index (χ1v) is 7.16. The number of aromatic nitrogens is 2. The Hall–Kier alpha value is -1.20. The zero-order valence-corrected chi connectivity index (χ0v) is 12.4. The van der Waals surface area contributed by atoms with Gasteiger partial charge in [-0.3, -0.25) is 0 Å². The molecule has 0 amide bonds. The molecule has 0 fully saturated rings. The molecule has 19 heavy (non-hydrogen) atoms. The summed E-state index contributed by atoms with van der Waals surface area (Å²) in [6.07, 6.45) is 5.28. The van der Waals surface area contributed by atoms with Crippen LogP contribution < -0.4 is 5.32 Å². The Labute approximate surface area is 120 Å². The summed E-state index contributed by atoms with van der Waals surface area (Å²) in [7, 11) is 0. The van der Waals surface area contributed by atoms with Crippen molar-refractivity contribution in [1.82, 2.24) is 15.3 Å². The average molecular weight is 326 g/mol. The SMILES string of the molecule is CCCNC(Cc1ncc[nH]1)c1ccc(Br)c(F)c1. The number of imidazole rings is 1. The predicted molar refractivity (Wildman–Crippen MR) is 77.4 cm³/mol. The van der Waals surface area contributed by atoms with Crippen LogP contribution in [0.5, 0.6) is 0 Å². The number of nitrogens with zero attached hydrogens (tertiary/aromatic N) is 1. The lowest BCUT2D eigenvalue weighted by Gasteiger charge is -2.18. The molecule has 0 aliphatic rings. The number of hydrogen-bond acceptors (Lipinski definition) is 2. The molecule has 1 atom stereocenters. The maximum Gasteiger partial charge on any atom is 0.137 e. The Balaban J connectivity index is 2.18. The van der Waals surface area contributed by atoms with Crippen LogP contribution in [0.4, 0.5) is 4.39 Å². The van der Waals surface area contributed by atoms with Crippen molar-refractivity contribution in [3.8, 4) is 0 Å². The Kier molecular flexibility index (Phi) is 5.10. The van der Waals surface area contributed by atoms with Gasteiger partial charge in [-0.1, -0.05) is 13.0 Å². The summed E-state index contributed by atoms with van der Waals surface area (Å²) in [5.74, 6) is 0.664. The predicted octanol–water partition coefficient (Wildman–Crippen LogP) is 3.59. The molecule has 0 saturated carbocycles. The summed E-state index contributed by atoms with van der Waals surface area (Å²) < 4.78 is 14.1. The summed E-state index contributed by atoms with van der Waals surface area (Å²) in [4.78, 5) is 7.32. The topological polar surface area (TPSA) is 40.7 Å². The average Bonchev–Trinajstić information content (AvgIpc) is 2.91. The summed E-state index contributed by atoms with van der Waals surface area (Å²) in [5.41, 5.74) is 0.936. The van der Waals surface area contributed by atoms with Gasteiger partial charge < -0.3 is 10.3 Å². The number of benzene rings is 1. The largest absolute Gasteiger partial charge is 0.349 e. The highest BCUT2D eigenvalue weighted by molar-refractivity contribution is 9.10. The van der Waals surface area contributed by atoms with Gasteiger partial charge in [-0.2, -0.15) is 0 Å². The highest BCUT2D eigenvalue weighted by Gasteiger charge is 2.14. The third-order valence-corrected chi connectivity index (χ3v) is 3.58. The molecule has 2 aromatic rings. The summed E-state index contributed by atoms with van der Waals surface area (Å²) in [6, 6.07) is 5.31. The van der Waals surface area contributed by atoms with Crippen molar-refractivity contribution in [3.05, 3.63) is 52.3 Å². The van der Waals surface area contributed by atoms with E-state index in [1.807, 2.05) is 6.07 Å². The van der Waals surface area contributed by atoms with E-state index in [0.29, 0.717) is 10.9 Å². The molecule has 1 aromatic heterocycles. The smallest absolute Gasteiger partial charge is 0.137 e. The lowest BCUT2D eigenvalue weighted by molar-refractivity contribution is 0.515. The van der Waals surface area contributed by atoms with E-state index in [-0.39, 0.29) is 11.9 Å². The number of nitrogens with one attached hydrogen (secondary N) is 2. The molecule has 2 rings (SSSR count). The lowest BCUT2D eigenvalue weighted by atomic mass is 10.0. The highest BCUT2D eigenvalue weighted by atomic mass is 79.9. The molecule has 1 heterocycles. The third-order valence-electron chi connectivity index (χ3n) is 2.94. The second kappa shape index (κ2) is 6.82. The molecule has 5 heteroatoms. The molecule has 0 radical (unpaired) electrons. The van der Waals surface area contributed by atoms with E-state index in [2.05, 4.69) is 38.1 Å². The molecule has 2 N–H and O–H groups in total. The van der Waals surface area contributed by atoms with Crippen LogP contribution in [0.25, 0.3) is 0 Å². The van der Waals surface area contributed by atoms with E-state index >= 15 is 0 Å². The van der Waals surface area contributed by atoms with Crippen LogP contribution in [0.3, 0.4) is 0 Å². The van der Waals surface area contributed by atoms with E-state index in [1.54, 1.807) is 24.5 Å². The van der Waals surface area contributed by atoms with Crippen LogP contribution in [0.1, 0.15) is 30.8 Å². The van der Waals surface area contributed by atoms with Crippen molar-refractivity contribution < 1.29 is 4.39 Å². The zero-order chi connectivity index (χ0) is 13.7. The molecule has 1 unspecified atom stereocenters. The number of aromatic amines is 1. The third kappa shape index (κ3) is 3.88. The maximum atomic E-state index is 13.6. The fraction of sp³-hybridized carbons (Fsp3) is 0.357. The second-order valence-corrected chi connectivity index (χ2v) is 5.27. The van der Waals surface area contributed by atoms with Gasteiger partial charge in [0.25, 0.3) is 0 Å². The Morgan fingerprint density at radius 1 is 1.47 bits per heavy atom. The van der Waals surface area contributed by atoms with Gasteiger partial charge in [-0.05, 0) is 46.6 Å². The molecular formula is C14H17BrFN3. The van der Waals surface area contributed by atoms with Crippen LogP contribution in [-0.4, -0.2) is 16.5 Å². The van der Waals surface area contributed by atoms with Crippen LogP contribution in [0.15, 0.2) is 35.1 Å². The van der Waals surface area contributed by atoms with Crippen molar-refractivity contribution in [3.63, 3.8) is 0 Å². The van der Waals surface area contributed by atoms with Crippen LogP contribution in [-0.2, 0) is 6.42 Å². The van der Waals surface area contributed by atoms with Gasteiger partial charge in [0.2, 0.25) is 0 Å². The molecule has 1 aromatic carbocycles. The normalized spacial score (nSPS) is 12.6. The minimum atomic E-state index is -0.236. The van der Waals surface area contributed by atoms with Crippen molar-refractivity contribution in [1.29, 1.82) is 0 Å². The minimum Gasteiger partial charge on any atom is -0.349 e. The van der Waals surface area contributed by atoms with Gasteiger partial charge in [-0.15, -0.1) is 0 Å². The zero-order valence-electron chi connectivity index (χ0n) is 10.8. The summed E-state index contributed by atoms with van der Waals surface area (Å²) in [5, 5.41) is 3.43. The first kappa shape index (κ1) is 14.2. The monoisotopic (exact) mass is 325 g/mol. The van der Waals surface area contributed by atoms with Gasteiger partial charge in [0.1, 0.15) is 11.6 Å². The standard InChI is InChI=1S/C14H17BrFN3/c1-2-5-17-13(9-14-18-6-7-19-14)10-3-4-11(15)12(16)8-10/h3-4,6-8,13,17H,2,5,9H2,1H3,(H,18,19). The van der Waals surface area contributed by atoms with Gasteiger partial charge in [0, 0.05) is 24.9 Å². The quantitative estimate of drug-likeness (QED) is 0.852. The Morgan fingerprint density at radius 2 is 2.32 bits per heavy atom. The van der Waals surface area contributed by atoms with E-state index in [9.17, 15) is 4.39 Å². The van der Waals surface area contributed by atoms with E-state index < -0.39 is 0 Å². The fourth-order valence-electron chi connectivity index (χ4n) is 1.96. The molecule has 0 bridgehead atoms. The summed E-state index contributed by atoms with van der Waals surface area (Å²) in [6.45, 7) is 3.00. The second-order valence-electron chi connectivity index (χ2n) is 4.42. The van der Waals surface area contributed by atoms with Crippen LogP contribution >= 0.6 is 15.9 Å².